The molecule has 1 aliphatic heterocycles. The van der Waals surface area contributed by atoms with Gasteiger partial charge in [0.1, 0.15) is 12.4 Å². The molecule has 0 aromatic heterocycles. The van der Waals surface area contributed by atoms with Crippen molar-refractivity contribution in [2.75, 3.05) is 52.5 Å². The molecule has 6 heteroatoms. The molecule has 1 N–H and O–H groups in total. The summed E-state index contributed by atoms with van der Waals surface area (Å²) in [6.07, 6.45) is -0.464. The molecule has 1 saturated heterocycles. The monoisotopic (exact) mass is 448 g/mol. The van der Waals surface area contributed by atoms with Gasteiger partial charge in [0.05, 0.1) is 19.3 Å². The number of aliphatic hydroxyl groups excluding tert-OH is 1. The number of aliphatic hydroxyl groups is 1. The van der Waals surface area contributed by atoms with E-state index in [4.69, 9.17) is 9.47 Å². The molecule has 0 saturated carbocycles. The van der Waals surface area contributed by atoms with E-state index in [9.17, 15) is 5.11 Å². The zero-order chi connectivity index (χ0) is 19.6. The smallest absolute Gasteiger partial charge is 0.119 e. The lowest BCUT2D eigenvalue weighted by molar-refractivity contribution is -0.000436. The minimum atomic E-state index is -0.464. The van der Waals surface area contributed by atoms with Gasteiger partial charge >= 0.3 is 0 Å². The first kappa shape index (κ1) is 21.3. The molecule has 1 heterocycles. The number of β-amino-alcohol motifs (C(OH)–C–C–N with tert-alkyl or cyclic N) is 1. The Balaban J connectivity index is 1.24. The number of piperazine rings is 1. The third-order valence-electron chi connectivity index (χ3n) is 4.80. The summed E-state index contributed by atoms with van der Waals surface area (Å²) in [4.78, 5) is 4.78. The number of benzene rings is 2. The summed E-state index contributed by atoms with van der Waals surface area (Å²) in [6.45, 7) is 6.98. The summed E-state index contributed by atoms with van der Waals surface area (Å²) >= 11 is 3.40. The van der Waals surface area contributed by atoms with Gasteiger partial charge in [0, 0.05) is 43.7 Å². The standard InChI is InChI=1S/C22H29BrN2O3/c23-20-6-8-22(9-7-20)28-15-14-27-18-21(26)17-25-12-10-24(11-13-25)16-19-4-2-1-3-5-19/h1-9,21,26H,10-18H2/t21-/m0/s1. The highest BCUT2D eigenvalue weighted by molar-refractivity contribution is 9.10. The third-order valence-corrected chi connectivity index (χ3v) is 5.33. The quantitative estimate of drug-likeness (QED) is 0.565. The molecular formula is C22H29BrN2O3. The minimum absolute atomic E-state index is 0.341. The van der Waals surface area contributed by atoms with E-state index in [0.717, 1.165) is 42.9 Å². The van der Waals surface area contributed by atoms with Crippen LogP contribution in [0.15, 0.2) is 59.1 Å². The van der Waals surface area contributed by atoms with Crippen molar-refractivity contribution in [1.29, 1.82) is 0 Å². The van der Waals surface area contributed by atoms with Crippen LogP contribution < -0.4 is 4.74 Å². The normalized spacial score (nSPS) is 16.8. The number of halogens is 1. The van der Waals surface area contributed by atoms with Crippen LogP contribution in [0.1, 0.15) is 5.56 Å². The average Bonchev–Trinajstić information content (AvgIpc) is 2.71. The average molecular weight is 449 g/mol. The van der Waals surface area contributed by atoms with Crippen LogP contribution >= 0.6 is 15.9 Å². The Hall–Kier alpha value is -1.44. The van der Waals surface area contributed by atoms with Crippen molar-refractivity contribution in [1.82, 2.24) is 9.80 Å². The van der Waals surface area contributed by atoms with Gasteiger partial charge in [0.15, 0.2) is 0 Å². The fraction of sp³-hybridized carbons (Fsp3) is 0.455. The number of rotatable bonds is 10. The maximum absolute atomic E-state index is 10.2. The van der Waals surface area contributed by atoms with E-state index in [1.54, 1.807) is 0 Å². The van der Waals surface area contributed by atoms with Crippen molar-refractivity contribution >= 4 is 15.9 Å². The van der Waals surface area contributed by atoms with E-state index in [1.165, 1.54) is 5.56 Å². The van der Waals surface area contributed by atoms with E-state index in [0.29, 0.717) is 26.4 Å². The second-order valence-corrected chi connectivity index (χ2v) is 8.01. The number of ether oxygens (including phenoxy) is 2. The van der Waals surface area contributed by atoms with Gasteiger partial charge in [-0.3, -0.25) is 9.80 Å². The van der Waals surface area contributed by atoms with E-state index < -0.39 is 6.10 Å². The Kier molecular flexibility index (Phi) is 8.76. The van der Waals surface area contributed by atoms with E-state index in [2.05, 4.69) is 56.1 Å². The molecule has 3 rings (SSSR count). The molecule has 5 nitrogen and oxygen atoms in total. The molecule has 28 heavy (non-hydrogen) atoms. The fourth-order valence-corrected chi connectivity index (χ4v) is 3.56. The van der Waals surface area contributed by atoms with Crippen molar-refractivity contribution in [3.63, 3.8) is 0 Å². The van der Waals surface area contributed by atoms with Crippen molar-refractivity contribution in [3.05, 3.63) is 64.6 Å². The van der Waals surface area contributed by atoms with Gasteiger partial charge in [-0.05, 0) is 29.8 Å². The topological polar surface area (TPSA) is 45.2 Å². The molecule has 2 aromatic rings. The summed E-state index contributed by atoms with van der Waals surface area (Å²) in [5.41, 5.74) is 1.36. The lowest BCUT2D eigenvalue weighted by Crippen LogP contribution is -2.48. The molecule has 0 spiro atoms. The number of hydrogen-bond acceptors (Lipinski definition) is 5. The summed E-state index contributed by atoms with van der Waals surface area (Å²) in [5, 5.41) is 10.2. The van der Waals surface area contributed by atoms with Gasteiger partial charge in [0.2, 0.25) is 0 Å². The van der Waals surface area contributed by atoms with Crippen LogP contribution in [0.4, 0.5) is 0 Å². The first-order chi connectivity index (χ1) is 13.7. The van der Waals surface area contributed by atoms with Gasteiger partial charge in [-0.25, -0.2) is 0 Å². The Morgan fingerprint density at radius 3 is 2.29 bits per heavy atom. The molecule has 0 unspecified atom stereocenters. The van der Waals surface area contributed by atoms with Crippen LogP contribution in [0, 0.1) is 0 Å². The Morgan fingerprint density at radius 2 is 1.57 bits per heavy atom. The molecule has 1 fully saturated rings. The van der Waals surface area contributed by atoms with Crippen molar-refractivity contribution < 1.29 is 14.6 Å². The predicted octanol–water partition coefficient (Wildman–Crippen LogP) is 3.02. The Morgan fingerprint density at radius 1 is 0.893 bits per heavy atom. The SMILES string of the molecule is O[C@H](COCCOc1ccc(Br)cc1)CN1CCN(Cc2ccccc2)CC1. The van der Waals surface area contributed by atoms with Gasteiger partial charge < -0.3 is 14.6 Å². The lowest BCUT2D eigenvalue weighted by Gasteiger charge is -2.35. The highest BCUT2D eigenvalue weighted by Crippen LogP contribution is 2.15. The first-order valence-electron chi connectivity index (χ1n) is 9.82. The Bertz CT molecular complexity index is 676. The molecule has 0 radical (unpaired) electrons. The largest absolute Gasteiger partial charge is 0.491 e. The van der Waals surface area contributed by atoms with Crippen LogP contribution in [0.3, 0.4) is 0 Å². The molecule has 0 amide bonds. The van der Waals surface area contributed by atoms with E-state index >= 15 is 0 Å². The summed E-state index contributed by atoms with van der Waals surface area (Å²) in [7, 11) is 0. The van der Waals surface area contributed by atoms with E-state index in [1.807, 2.05) is 24.3 Å². The fourth-order valence-electron chi connectivity index (χ4n) is 3.29. The number of nitrogens with zero attached hydrogens (tertiary/aromatic N) is 2. The molecule has 1 aliphatic rings. The molecular weight excluding hydrogens is 420 g/mol. The van der Waals surface area contributed by atoms with Gasteiger partial charge in [-0.1, -0.05) is 46.3 Å². The van der Waals surface area contributed by atoms with Crippen LogP contribution in [-0.4, -0.2) is 73.6 Å². The van der Waals surface area contributed by atoms with Gasteiger partial charge in [-0.15, -0.1) is 0 Å². The van der Waals surface area contributed by atoms with Gasteiger partial charge in [0.25, 0.3) is 0 Å². The molecule has 2 aromatic carbocycles. The van der Waals surface area contributed by atoms with Crippen LogP contribution in [0.2, 0.25) is 0 Å². The van der Waals surface area contributed by atoms with Crippen LogP contribution in [0.25, 0.3) is 0 Å². The van der Waals surface area contributed by atoms with Crippen molar-refractivity contribution in [2.24, 2.45) is 0 Å². The molecule has 152 valence electrons. The Labute approximate surface area is 176 Å². The molecule has 0 aliphatic carbocycles. The number of hydrogen-bond donors (Lipinski definition) is 1. The van der Waals surface area contributed by atoms with Gasteiger partial charge in [-0.2, -0.15) is 0 Å². The highest BCUT2D eigenvalue weighted by atomic mass is 79.9. The van der Waals surface area contributed by atoms with Crippen LogP contribution in [0.5, 0.6) is 5.75 Å². The summed E-state index contributed by atoms with van der Waals surface area (Å²) < 4.78 is 12.2. The summed E-state index contributed by atoms with van der Waals surface area (Å²) in [5.74, 6) is 0.820. The van der Waals surface area contributed by atoms with Crippen molar-refractivity contribution in [3.8, 4) is 5.75 Å². The van der Waals surface area contributed by atoms with Crippen molar-refractivity contribution in [2.45, 2.75) is 12.6 Å². The minimum Gasteiger partial charge on any atom is -0.491 e. The highest BCUT2D eigenvalue weighted by Gasteiger charge is 2.19. The molecule has 1 atom stereocenters. The second kappa shape index (κ2) is 11.5. The van der Waals surface area contributed by atoms with E-state index in [-0.39, 0.29) is 0 Å². The first-order valence-corrected chi connectivity index (χ1v) is 10.6. The van der Waals surface area contributed by atoms with Crippen LogP contribution in [-0.2, 0) is 11.3 Å². The maximum atomic E-state index is 10.2. The predicted molar refractivity (Wildman–Crippen MR) is 115 cm³/mol. The molecule has 0 bridgehead atoms. The summed E-state index contributed by atoms with van der Waals surface area (Å²) in [6, 6.07) is 18.3. The zero-order valence-corrected chi connectivity index (χ0v) is 17.8. The maximum Gasteiger partial charge on any atom is 0.119 e. The zero-order valence-electron chi connectivity index (χ0n) is 16.2. The second-order valence-electron chi connectivity index (χ2n) is 7.09. The lowest BCUT2D eigenvalue weighted by atomic mass is 10.2. The third kappa shape index (κ3) is 7.53.